The van der Waals surface area contributed by atoms with Crippen molar-refractivity contribution in [3.63, 3.8) is 0 Å². The zero-order chi connectivity index (χ0) is 16.8. The van der Waals surface area contributed by atoms with Gasteiger partial charge in [-0.25, -0.2) is 4.98 Å². The molecule has 0 unspecified atom stereocenters. The molecule has 0 amide bonds. The van der Waals surface area contributed by atoms with E-state index < -0.39 is 0 Å². The van der Waals surface area contributed by atoms with Gasteiger partial charge in [-0.15, -0.1) is 26.6 Å². The molecule has 1 aliphatic heterocycles. The first kappa shape index (κ1) is 14.8. The predicted octanol–water partition coefficient (Wildman–Crippen LogP) is 3.43. The molecule has 1 aromatic carbocycles. The maximum Gasteiger partial charge on any atom is 0.178 e. The number of aryl methyl sites for hydroxylation is 1. The van der Waals surface area contributed by atoms with Gasteiger partial charge in [0.1, 0.15) is 5.82 Å². The largest absolute Gasteiger partial charge is 0.355 e. The zero-order valence-corrected chi connectivity index (χ0v) is 14.8. The number of anilines is 1. The maximum absolute atomic E-state index is 4.84. The first-order chi connectivity index (χ1) is 12.3. The van der Waals surface area contributed by atoms with Crippen LogP contribution in [0.4, 0.5) is 5.82 Å². The van der Waals surface area contributed by atoms with Gasteiger partial charge in [0.15, 0.2) is 11.5 Å². The van der Waals surface area contributed by atoms with E-state index in [4.69, 9.17) is 10.1 Å². The molecule has 7 heteroatoms. The Morgan fingerprint density at radius 3 is 2.72 bits per heavy atom. The highest BCUT2D eigenvalue weighted by molar-refractivity contribution is 7.18. The molecule has 1 aliphatic rings. The molecule has 0 saturated carbocycles. The lowest BCUT2D eigenvalue weighted by molar-refractivity contribution is 0.499. The lowest BCUT2D eigenvalue weighted by Crippen LogP contribution is -2.33. The molecule has 1 fully saturated rings. The second kappa shape index (κ2) is 5.77. The molecule has 0 bridgehead atoms. The Hall–Kier alpha value is -2.54. The second-order valence-electron chi connectivity index (χ2n) is 6.49. The standard InChI is InChI=1S/C18H18N6S/c1-12-20-21-16-6-7-17(22-24(12)16)23-10-8-13(9-11-23)18-19-14-4-2-3-5-15(14)25-18/h2-7,13H,8-11H2,1H3. The van der Waals surface area contributed by atoms with E-state index in [1.165, 1.54) is 9.71 Å². The number of nitrogens with zero attached hydrogens (tertiary/aromatic N) is 6. The number of hydrogen-bond acceptors (Lipinski definition) is 6. The predicted molar refractivity (Wildman–Crippen MR) is 99.3 cm³/mol. The van der Waals surface area contributed by atoms with E-state index in [2.05, 4.69) is 39.4 Å². The average Bonchev–Trinajstić information content (AvgIpc) is 3.25. The molecular weight excluding hydrogens is 332 g/mol. The van der Waals surface area contributed by atoms with Gasteiger partial charge in [-0.05, 0) is 44.0 Å². The minimum atomic E-state index is 0.550. The Labute approximate surface area is 149 Å². The third kappa shape index (κ3) is 2.55. The highest BCUT2D eigenvalue weighted by atomic mass is 32.1. The smallest absolute Gasteiger partial charge is 0.178 e. The first-order valence-corrected chi connectivity index (χ1v) is 9.39. The van der Waals surface area contributed by atoms with E-state index in [-0.39, 0.29) is 0 Å². The van der Waals surface area contributed by atoms with Crippen molar-refractivity contribution >= 4 is 33.0 Å². The van der Waals surface area contributed by atoms with Crippen LogP contribution >= 0.6 is 11.3 Å². The normalized spacial score (nSPS) is 16.1. The van der Waals surface area contributed by atoms with E-state index in [9.17, 15) is 0 Å². The summed E-state index contributed by atoms with van der Waals surface area (Å²) >= 11 is 1.84. The van der Waals surface area contributed by atoms with Crippen LogP contribution in [0.25, 0.3) is 15.9 Å². The Kier molecular flexibility index (Phi) is 3.41. The zero-order valence-electron chi connectivity index (χ0n) is 14.0. The van der Waals surface area contributed by atoms with Crippen LogP contribution in [-0.4, -0.2) is 37.9 Å². The van der Waals surface area contributed by atoms with E-state index >= 15 is 0 Å². The van der Waals surface area contributed by atoms with Gasteiger partial charge < -0.3 is 4.90 Å². The van der Waals surface area contributed by atoms with Crippen LogP contribution in [-0.2, 0) is 0 Å². The van der Waals surface area contributed by atoms with Gasteiger partial charge in [0.2, 0.25) is 0 Å². The molecule has 0 atom stereocenters. The molecule has 0 radical (unpaired) electrons. The minimum absolute atomic E-state index is 0.550. The highest BCUT2D eigenvalue weighted by Gasteiger charge is 2.24. The van der Waals surface area contributed by atoms with Crippen LogP contribution in [0.1, 0.15) is 29.6 Å². The van der Waals surface area contributed by atoms with Crippen molar-refractivity contribution in [2.45, 2.75) is 25.7 Å². The molecular formula is C18H18N6S. The molecule has 4 heterocycles. The van der Waals surface area contributed by atoms with E-state index in [1.54, 1.807) is 0 Å². The first-order valence-electron chi connectivity index (χ1n) is 8.57. The van der Waals surface area contributed by atoms with Crippen molar-refractivity contribution in [2.75, 3.05) is 18.0 Å². The Balaban J connectivity index is 1.35. The van der Waals surface area contributed by atoms with Crippen LogP contribution in [0.2, 0.25) is 0 Å². The summed E-state index contributed by atoms with van der Waals surface area (Å²) in [5.74, 6) is 2.37. The van der Waals surface area contributed by atoms with E-state index in [1.807, 2.05) is 34.9 Å². The van der Waals surface area contributed by atoms with E-state index in [0.29, 0.717) is 5.92 Å². The fourth-order valence-corrected chi connectivity index (χ4v) is 4.61. The SMILES string of the molecule is Cc1nnc2ccc(N3CCC(c4nc5ccccc5s4)CC3)nn12. The summed E-state index contributed by atoms with van der Waals surface area (Å²) in [4.78, 5) is 7.19. The third-order valence-corrected chi connectivity index (χ3v) is 6.08. The summed E-state index contributed by atoms with van der Waals surface area (Å²) in [6, 6.07) is 12.4. The number of rotatable bonds is 2. The quantitative estimate of drug-likeness (QED) is 0.554. The Bertz CT molecular complexity index is 1010. The molecule has 6 nitrogen and oxygen atoms in total. The van der Waals surface area contributed by atoms with Crippen molar-refractivity contribution in [1.29, 1.82) is 0 Å². The molecule has 4 aromatic rings. The molecule has 0 spiro atoms. The molecule has 25 heavy (non-hydrogen) atoms. The van der Waals surface area contributed by atoms with Crippen LogP contribution in [0.5, 0.6) is 0 Å². The van der Waals surface area contributed by atoms with Gasteiger partial charge in [0.05, 0.1) is 15.2 Å². The molecule has 0 N–H and O–H groups in total. The van der Waals surface area contributed by atoms with Crippen LogP contribution in [0.3, 0.4) is 0 Å². The summed E-state index contributed by atoms with van der Waals surface area (Å²) in [5.41, 5.74) is 1.92. The van der Waals surface area contributed by atoms with Gasteiger partial charge in [0.25, 0.3) is 0 Å². The molecule has 0 aliphatic carbocycles. The number of para-hydroxylation sites is 1. The number of fused-ring (bicyclic) bond motifs is 2. The minimum Gasteiger partial charge on any atom is -0.355 e. The fourth-order valence-electron chi connectivity index (χ4n) is 3.48. The third-order valence-electron chi connectivity index (χ3n) is 4.88. The number of hydrogen-bond donors (Lipinski definition) is 0. The highest BCUT2D eigenvalue weighted by Crippen LogP contribution is 2.34. The number of aromatic nitrogens is 5. The lowest BCUT2D eigenvalue weighted by Gasteiger charge is -2.31. The summed E-state index contributed by atoms with van der Waals surface area (Å²) in [5, 5.41) is 14.2. The molecule has 5 rings (SSSR count). The molecule has 1 saturated heterocycles. The van der Waals surface area contributed by atoms with Gasteiger partial charge in [-0.1, -0.05) is 12.1 Å². The van der Waals surface area contributed by atoms with Crippen molar-refractivity contribution in [1.82, 2.24) is 24.8 Å². The van der Waals surface area contributed by atoms with Gasteiger partial charge in [-0.3, -0.25) is 0 Å². The molecule has 3 aromatic heterocycles. The summed E-state index contributed by atoms with van der Waals surface area (Å²) in [6.45, 7) is 3.93. The van der Waals surface area contributed by atoms with Crippen molar-refractivity contribution in [3.05, 3.63) is 47.2 Å². The Morgan fingerprint density at radius 2 is 1.88 bits per heavy atom. The number of thiazole rings is 1. The number of benzene rings is 1. The molecule has 126 valence electrons. The van der Waals surface area contributed by atoms with Gasteiger partial charge in [0, 0.05) is 19.0 Å². The van der Waals surface area contributed by atoms with Crippen LogP contribution in [0, 0.1) is 6.92 Å². The van der Waals surface area contributed by atoms with Crippen LogP contribution in [0.15, 0.2) is 36.4 Å². The van der Waals surface area contributed by atoms with Crippen LogP contribution < -0.4 is 4.90 Å². The average molecular weight is 350 g/mol. The van der Waals surface area contributed by atoms with E-state index in [0.717, 1.165) is 48.7 Å². The van der Waals surface area contributed by atoms with Crippen molar-refractivity contribution in [2.24, 2.45) is 0 Å². The van der Waals surface area contributed by atoms with Crippen molar-refractivity contribution < 1.29 is 0 Å². The van der Waals surface area contributed by atoms with Gasteiger partial charge in [-0.2, -0.15) is 4.52 Å². The maximum atomic E-state index is 4.84. The fraction of sp³-hybridized carbons (Fsp3) is 0.333. The van der Waals surface area contributed by atoms with Crippen molar-refractivity contribution in [3.8, 4) is 0 Å². The Morgan fingerprint density at radius 1 is 1.04 bits per heavy atom. The summed E-state index contributed by atoms with van der Waals surface area (Å²) in [6.07, 6.45) is 2.22. The lowest BCUT2D eigenvalue weighted by atomic mass is 9.97. The number of piperidine rings is 1. The topological polar surface area (TPSA) is 59.2 Å². The summed E-state index contributed by atoms with van der Waals surface area (Å²) in [7, 11) is 0. The second-order valence-corrected chi connectivity index (χ2v) is 7.55. The monoisotopic (exact) mass is 350 g/mol. The van der Waals surface area contributed by atoms with Gasteiger partial charge >= 0.3 is 0 Å². The summed E-state index contributed by atoms with van der Waals surface area (Å²) < 4.78 is 3.10.